The SMILES string of the molecule is c1ccc(-c2ccc(N(c3ccc(-c4ccc(-c5ccccc5)c(-n5c6ccccc6c6ccccc65)c4)cc3)c3ccc(-c4ccc5ccccc5c4)cc3)cc2)cc1. The highest BCUT2D eigenvalue weighted by Gasteiger charge is 2.18. The van der Waals surface area contributed by atoms with Gasteiger partial charge in [-0.3, -0.25) is 0 Å². The molecular weight excluding hydrogens is 725 g/mol. The lowest BCUT2D eigenvalue weighted by Gasteiger charge is -2.26. The van der Waals surface area contributed by atoms with E-state index in [2.05, 4.69) is 252 Å². The summed E-state index contributed by atoms with van der Waals surface area (Å²) in [6.45, 7) is 0. The van der Waals surface area contributed by atoms with E-state index < -0.39 is 0 Å². The number of para-hydroxylation sites is 2. The molecule has 2 nitrogen and oxygen atoms in total. The highest BCUT2D eigenvalue weighted by Crippen LogP contribution is 2.41. The van der Waals surface area contributed by atoms with E-state index in [0.717, 1.165) is 33.9 Å². The van der Waals surface area contributed by atoms with Gasteiger partial charge in [-0.2, -0.15) is 0 Å². The molecule has 11 aromatic rings. The van der Waals surface area contributed by atoms with Crippen LogP contribution in [0.25, 0.3) is 82.8 Å². The zero-order chi connectivity index (χ0) is 39.8. The van der Waals surface area contributed by atoms with Crippen molar-refractivity contribution >= 4 is 49.6 Å². The standard InChI is InChI=1S/C58H40N2/c1-3-13-41(14-4-1)43-25-32-50(33-26-43)59(51-34-27-44(28-35-51)48-24-23-42-15-7-8-18-47(42)39-48)52-36-29-45(30-37-52)49-31-38-53(46-16-5-2-6-17-46)58(40-49)60-56-21-11-9-19-54(56)55-20-10-12-22-57(55)60/h1-40H. The molecule has 0 N–H and O–H groups in total. The molecule has 2 heteroatoms. The van der Waals surface area contributed by atoms with Gasteiger partial charge in [-0.25, -0.2) is 0 Å². The largest absolute Gasteiger partial charge is 0.311 e. The monoisotopic (exact) mass is 764 g/mol. The third-order valence-electron chi connectivity index (χ3n) is 11.8. The summed E-state index contributed by atoms with van der Waals surface area (Å²) >= 11 is 0. The van der Waals surface area contributed by atoms with Crippen molar-refractivity contribution in [3.05, 3.63) is 243 Å². The van der Waals surface area contributed by atoms with E-state index in [1.165, 1.54) is 66.0 Å². The van der Waals surface area contributed by atoms with E-state index in [1.807, 2.05) is 0 Å². The molecule has 282 valence electrons. The third-order valence-corrected chi connectivity index (χ3v) is 11.8. The first-order valence-electron chi connectivity index (χ1n) is 20.6. The Morgan fingerprint density at radius 1 is 0.267 bits per heavy atom. The van der Waals surface area contributed by atoms with Gasteiger partial charge in [-0.15, -0.1) is 0 Å². The van der Waals surface area contributed by atoms with Crippen LogP contribution in [0.1, 0.15) is 0 Å². The van der Waals surface area contributed by atoms with Crippen molar-refractivity contribution in [2.75, 3.05) is 4.90 Å². The molecule has 0 aliphatic heterocycles. The number of hydrogen-bond donors (Lipinski definition) is 0. The van der Waals surface area contributed by atoms with Gasteiger partial charge >= 0.3 is 0 Å². The molecule has 1 aromatic heterocycles. The van der Waals surface area contributed by atoms with E-state index in [9.17, 15) is 0 Å². The smallest absolute Gasteiger partial charge is 0.0546 e. The van der Waals surface area contributed by atoms with Crippen molar-refractivity contribution in [2.24, 2.45) is 0 Å². The second kappa shape index (κ2) is 15.1. The lowest BCUT2D eigenvalue weighted by atomic mass is 9.97. The van der Waals surface area contributed by atoms with Crippen LogP contribution in [-0.2, 0) is 0 Å². The minimum atomic E-state index is 1.09. The minimum absolute atomic E-state index is 1.09. The molecule has 0 bridgehead atoms. The first-order valence-corrected chi connectivity index (χ1v) is 20.6. The summed E-state index contributed by atoms with van der Waals surface area (Å²) in [7, 11) is 0. The van der Waals surface area contributed by atoms with Gasteiger partial charge < -0.3 is 9.47 Å². The summed E-state index contributed by atoms with van der Waals surface area (Å²) in [5, 5.41) is 5.01. The molecule has 1 heterocycles. The van der Waals surface area contributed by atoms with Crippen molar-refractivity contribution in [2.45, 2.75) is 0 Å². The zero-order valence-corrected chi connectivity index (χ0v) is 33.0. The molecule has 0 saturated heterocycles. The van der Waals surface area contributed by atoms with Gasteiger partial charge in [0.15, 0.2) is 0 Å². The van der Waals surface area contributed by atoms with Crippen molar-refractivity contribution in [1.29, 1.82) is 0 Å². The number of aromatic nitrogens is 1. The Bertz CT molecular complexity index is 3220. The van der Waals surface area contributed by atoms with E-state index >= 15 is 0 Å². The topological polar surface area (TPSA) is 8.17 Å². The van der Waals surface area contributed by atoms with Gasteiger partial charge in [0.25, 0.3) is 0 Å². The van der Waals surface area contributed by atoms with Gasteiger partial charge in [0, 0.05) is 33.4 Å². The molecular formula is C58H40N2. The van der Waals surface area contributed by atoms with Crippen LogP contribution < -0.4 is 4.90 Å². The fourth-order valence-corrected chi connectivity index (χ4v) is 8.80. The first kappa shape index (κ1) is 35.2. The molecule has 0 aliphatic rings. The Morgan fingerprint density at radius 2 is 0.667 bits per heavy atom. The second-order valence-electron chi connectivity index (χ2n) is 15.4. The second-order valence-corrected chi connectivity index (χ2v) is 15.4. The Hall–Kier alpha value is -7.94. The Labute approximate surface area is 350 Å². The number of anilines is 3. The van der Waals surface area contributed by atoms with E-state index in [0.29, 0.717) is 0 Å². The predicted octanol–water partition coefficient (Wildman–Crippen LogP) is 16.1. The summed E-state index contributed by atoms with van der Waals surface area (Å²) in [5.41, 5.74) is 16.4. The molecule has 0 fully saturated rings. The van der Waals surface area contributed by atoms with Gasteiger partial charge in [0.2, 0.25) is 0 Å². The molecule has 0 atom stereocenters. The molecule has 0 amide bonds. The average molecular weight is 765 g/mol. The predicted molar refractivity (Wildman–Crippen MR) is 255 cm³/mol. The normalized spacial score (nSPS) is 11.3. The third kappa shape index (κ3) is 6.41. The molecule has 0 radical (unpaired) electrons. The molecule has 0 unspecified atom stereocenters. The van der Waals surface area contributed by atoms with Crippen LogP contribution in [0.2, 0.25) is 0 Å². The van der Waals surface area contributed by atoms with Crippen LogP contribution in [-0.4, -0.2) is 4.57 Å². The maximum Gasteiger partial charge on any atom is 0.0546 e. The summed E-state index contributed by atoms with van der Waals surface area (Å²) < 4.78 is 2.44. The van der Waals surface area contributed by atoms with E-state index in [-0.39, 0.29) is 0 Å². The van der Waals surface area contributed by atoms with Gasteiger partial charge in [0.1, 0.15) is 0 Å². The van der Waals surface area contributed by atoms with Crippen molar-refractivity contribution < 1.29 is 0 Å². The van der Waals surface area contributed by atoms with Crippen LogP contribution in [0.5, 0.6) is 0 Å². The maximum absolute atomic E-state index is 2.44. The quantitative estimate of drug-likeness (QED) is 0.150. The maximum atomic E-state index is 2.44. The van der Waals surface area contributed by atoms with Gasteiger partial charge in [-0.1, -0.05) is 182 Å². The van der Waals surface area contributed by atoms with Crippen molar-refractivity contribution in [3.8, 4) is 50.2 Å². The van der Waals surface area contributed by atoms with E-state index in [1.54, 1.807) is 0 Å². The lowest BCUT2D eigenvalue weighted by molar-refractivity contribution is 1.18. The van der Waals surface area contributed by atoms with Crippen molar-refractivity contribution in [1.82, 2.24) is 4.57 Å². The van der Waals surface area contributed by atoms with Gasteiger partial charge in [-0.05, 0) is 110 Å². The highest BCUT2D eigenvalue weighted by atomic mass is 15.1. The number of hydrogen-bond acceptors (Lipinski definition) is 1. The first-order chi connectivity index (χ1) is 29.7. The summed E-state index contributed by atoms with van der Waals surface area (Å²) in [5.74, 6) is 0. The highest BCUT2D eigenvalue weighted by molar-refractivity contribution is 6.10. The van der Waals surface area contributed by atoms with Crippen LogP contribution in [0.15, 0.2) is 243 Å². The summed E-state index contributed by atoms with van der Waals surface area (Å²) in [6, 6.07) is 87.9. The molecule has 0 aliphatic carbocycles. The van der Waals surface area contributed by atoms with Crippen molar-refractivity contribution in [3.63, 3.8) is 0 Å². The molecule has 0 spiro atoms. The van der Waals surface area contributed by atoms with Gasteiger partial charge in [0.05, 0.1) is 16.7 Å². The number of nitrogens with zero attached hydrogens (tertiary/aromatic N) is 2. The summed E-state index contributed by atoms with van der Waals surface area (Å²) in [6.07, 6.45) is 0. The Morgan fingerprint density at radius 3 is 1.23 bits per heavy atom. The molecule has 0 saturated carbocycles. The zero-order valence-electron chi connectivity index (χ0n) is 33.0. The lowest BCUT2D eigenvalue weighted by Crippen LogP contribution is -2.09. The van der Waals surface area contributed by atoms with Crippen LogP contribution >= 0.6 is 0 Å². The number of fused-ring (bicyclic) bond motifs is 4. The Balaban J connectivity index is 1.00. The average Bonchev–Trinajstić information content (AvgIpc) is 3.67. The molecule has 60 heavy (non-hydrogen) atoms. The van der Waals surface area contributed by atoms with Crippen LogP contribution in [0.3, 0.4) is 0 Å². The number of benzene rings is 10. The Kier molecular flexibility index (Phi) is 8.87. The fourth-order valence-electron chi connectivity index (χ4n) is 8.80. The number of rotatable bonds is 8. The van der Waals surface area contributed by atoms with Crippen LogP contribution in [0.4, 0.5) is 17.1 Å². The fraction of sp³-hybridized carbons (Fsp3) is 0. The molecule has 10 aromatic carbocycles. The molecule has 11 rings (SSSR count). The van der Waals surface area contributed by atoms with Crippen LogP contribution in [0, 0.1) is 0 Å². The minimum Gasteiger partial charge on any atom is -0.311 e. The van der Waals surface area contributed by atoms with E-state index in [4.69, 9.17) is 0 Å². The summed E-state index contributed by atoms with van der Waals surface area (Å²) in [4.78, 5) is 2.35.